The number of nitrogens with one attached hydrogen (secondary N) is 1. The maximum atomic E-state index is 12.8. The number of nitrogens with zero attached hydrogens (tertiary/aromatic N) is 3. The van der Waals surface area contributed by atoms with Crippen molar-refractivity contribution in [3.05, 3.63) is 57.0 Å². The summed E-state index contributed by atoms with van der Waals surface area (Å²) in [6.45, 7) is -2.87. The zero-order valence-electron chi connectivity index (χ0n) is 12.8. The van der Waals surface area contributed by atoms with E-state index in [0.29, 0.717) is 17.9 Å². The van der Waals surface area contributed by atoms with Crippen LogP contribution in [0.25, 0.3) is 0 Å². The molecule has 0 bridgehead atoms. The minimum atomic E-state index is -2.87. The lowest BCUT2D eigenvalue weighted by Gasteiger charge is -2.31. The Balaban J connectivity index is 1.74. The van der Waals surface area contributed by atoms with Crippen LogP contribution in [0.1, 0.15) is 28.9 Å². The van der Waals surface area contributed by atoms with Gasteiger partial charge >= 0.3 is 6.61 Å². The van der Waals surface area contributed by atoms with Crippen molar-refractivity contribution in [3.8, 4) is 5.75 Å². The molecule has 0 amide bonds. The normalized spacial score (nSPS) is 19.5. The van der Waals surface area contributed by atoms with Crippen LogP contribution in [0.5, 0.6) is 5.75 Å². The van der Waals surface area contributed by atoms with Crippen molar-refractivity contribution in [3.63, 3.8) is 0 Å². The van der Waals surface area contributed by atoms with E-state index in [2.05, 4.69) is 31.3 Å². The quantitative estimate of drug-likeness (QED) is 0.647. The molecule has 0 aliphatic carbocycles. The number of aromatic nitrogens is 3. The standard InChI is InChI=1S/C16H13BrF2N4OS/c17-14-6-5-13(25-14)10-7-11(23-16(22-10)20-8-21-23)9-3-1-2-4-12(9)24-15(18)19/h1-6,8,10-11,15H,7H2,(H,20,21,22)/t10-,11+/m1/s1. The fourth-order valence-corrected chi connectivity index (χ4v) is 4.53. The highest BCUT2D eigenvalue weighted by Crippen LogP contribution is 2.42. The summed E-state index contributed by atoms with van der Waals surface area (Å²) in [4.78, 5) is 5.39. The van der Waals surface area contributed by atoms with E-state index >= 15 is 0 Å². The summed E-state index contributed by atoms with van der Waals surface area (Å²) >= 11 is 5.11. The van der Waals surface area contributed by atoms with Crippen LogP contribution in [0.3, 0.4) is 0 Å². The van der Waals surface area contributed by atoms with Gasteiger partial charge in [0, 0.05) is 10.4 Å². The number of para-hydroxylation sites is 1. The first-order valence-corrected chi connectivity index (χ1v) is 9.18. The third kappa shape index (κ3) is 3.25. The average Bonchev–Trinajstić information content (AvgIpc) is 3.22. The molecule has 9 heteroatoms. The number of fused-ring (bicyclic) bond motifs is 1. The fraction of sp³-hybridized carbons (Fsp3) is 0.250. The Kier molecular flexibility index (Phi) is 4.43. The predicted octanol–water partition coefficient (Wildman–Crippen LogP) is 4.85. The Bertz CT molecular complexity index is 884. The van der Waals surface area contributed by atoms with Gasteiger partial charge in [0.15, 0.2) is 0 Å². The molecular formula is C16H13BrF2N4OS. The third-order valence-corrected chi connectivity index (χ3v) is 5.80. The van der Waals surface area contributed by atoms with Gasteiger partial charge in [-0.3, -0.25) is 0 Å². The van der Waals surface area contributed by atoms with Crippen molar-refractivity contribution in [2.75, 3.05) is 5.32 Å². The van der Waals surface area contributed by atoms with Gasteiger partial charge in [-0.25, -0.2) is 4.68 Å². The number of anilines is 1. The second-order valence-electron chi connectivity index (χ2n) is 5.53. The largest absolute Gasteiger partial charge is 0.434 e. The molecule has 0 fully saturated rings. The van der Waals surface area contributed by atoms with Crippen LogP contribution in [0.2, 0.25) is 0 Å². The monoisotopic (exact) mass is 426 g/mol. The molecule has 3 heterocycles. The molecule has 1 aliphatic heterocycles. The summed E-state index contributed by atoms with van der Waals surface area (Å²) in [5.74, 6) is 0.773. The van der Waals surface area contributed by atoms with Gasteiger partial charge in [-0.2, -0.15) is 18.9 Å². The maximum Gasteiger partial charge on any atom is 0.387 e. The second kappa shape index (κ2) is 6.72. The molecule has 0 unspecified atom stereocenters. The van der Waals surface area contributed by atoms with E-state index in [1.54, 1.807) is 34.2 Å². The molecule has 0 saturated heterocycles. The topological polar surface area (TPSA) is 52.0 Å². The summed E-state index contributed by atoms with van der Waals surface area (Å²) in [5.41, 5.74) is 0.664. The van der Waals surface area contributed by atoms with Gasteiger partial charge in [0.05, 0.1) is 15.9 Å². The molecule has 0 radical (unpaired) electrons. The van der Waals surface area contributed by atoms with Gasteiger partial charge in [0.1, 0.15) is 12.1 Å². The lowest BCUT2D eigenvalue weighted by atomic mass is 9.96. The summed E-state index contributed by atoms with van der Waals surface area (Å²) in [6.07, 6.45) is 2.10. The van der Waals surface area contributed by atoms with Crippen LogP contribution >= 0.6 is 27.3 Å². The Morgan fingerprint density at radius 2 is 2.12 bits per heavy atom. The predicted molar refractivity (Wildman–Crippen MR) is 94.2 cm³/mol. The van der Waals surface area contributed by atoms with E-state index in [4.69, 9.17) is 4.74 Å². The first kappa shape index (κ1) is 16.5. The van der Waals surface area contributed by atoms with Crippen molar-refractivity contribution in [1.82, 2.24) is 14.8 Å². The first-order valence-electron chi connectivity index (χ1n) is 7.57. The lowest BCUT2D eigenvalue weighted by molar-refractivity contribution is -0.0507. The number of ether oxygens (including phenoxy) is 1. The molecule has 4 rings (SSSR count). The Hall–Kier alpha value is -2.00. The van der Waals surface area contributed by atoms with Gasteiger partial charge in [-0.05, 0) is 40.5 Å². The molecule has 0 saturated carbocycles. The number of benzene rings is 1. The Morgan fingerprint density at radius 1 is 1.28 bits per heavy atom. The van der Waals surface area contributed by atoms with Gasteiger partial charge in [-0.1, -0.05) is 18.2 Å². The molecule has 1 aromatic carbocycles. The summed E-state index contributed by atoms with van der Waals surface area (Å²) in [6, 6.07) is 10.6. The minimum Gasteiger partial charge on any atom is -0.434 e. The minimum absolute atomic E-state index is 0.0117. The van der Waals surface area contributed by atoms with E-state index in [9.17, 15) is 8.78 Å². The molecule has 3 aromatic rings. The van der Waals surface area contributed by atoms with E-state index < -0.39 is 6.61 Å². The first-order chi connectivity index (χ1) is 12.1. The Labute approximate surface area is 154 Å². The molecule has 5 nitrogen and oxygen atoms in total. The van der Waals surface area contributed by atoms with Crippen LogP contribution in [-0.4, -0.2) is 21.4 Å². The number of alkyl halides is 2. The van der Waals surface area contributed by atoms with Crippen molar-refractivity contribution in [1.29, 1.82) is 0 Å². The van der Waals surface area contributed by atoms with Gasteiger partial charge in [-0.15, -0.1) is 11.3 Å². The zero-order chi connectivity index (χ0) is 17.4. The Morgan fingerprint density at radius 3 is 2.88 bits per heavy atom. The summed E-state index contributed by atoms with van der Waals surface area (Å²) in [5, 5.41) is 7.62. The van der Waals surface area contributed by atoms with E-state index in [1.807, 2.05) is 18.2 Å². The van der Waals surface area contributed by atoms with Crippen molar-refractivity contribution < 1.29 is 13.5 Å². The van der Waals surface area contributed by atoms with E-state index in [0.717, 1.165) is 8.66 Å². The number of hydrogen-bond acceptors (Lipinski definition) is 5. The van der Waals surface area contributed by atoms with Gasteiger partial charge in [0.2, 0.25) is 5.95 Å². The number of halogens is 3. The molecule has 1 N–H and O–H groups in total. The zero-order valence-corrected chi connectivity index (χ0v) is 15.2. The van der Waals surface area contributed by atoms with Crippen LogP contribution in [-0.2, 0) is 0 Å². The van der Waals surface area contributed by atoms with Crippen LogP contribution in [0, 0.1) is 0 Å². The molecular weight excluding hydrogens is 414 g/mol. The molecule has 0 spiro atoms. The number of hydrogen-bond donors (Lipinski definition) is 1. The van der Waals surface area contributed by atoms with Crippen LogP contribution in [0.4, 0.5) is 14.7 Å². The lowest BCUT2D eigenvalue weighted by Crippen LogP contribution is -2.28. The second-order valence-corrected chi connectivity index (χ2v) is 8.03. The van der Waals surface area contributed by atoms with E-state index in [-0.39, 0.29) is 17.8 Å². The van der Waals surface area contributed by atoms with Gasteiger partial charge < -0.3 is 10.1 Å². The average molecular weight is 427 g/mol. The molecule has 2 aromatic heterocycles. The highest BCUT2D eigenvalue weighted by molar-refractivity contribution is 9.11. The number of rotatable bonds is 4. The smallest absolute Gasteiger partial charge is 0.387 e. The summed E-state index contributed by atoms with van der Waals surface area (Å²) < 4.78 is 33.0. The molecule has 2 atom stereocenters. The number of thiophene rings is 1. The van der Waals surface area contributed by atoms with E-state index in [1.165, 1.54) is 6.33 Å². The highest BCUT2D eigenvalue weighted by atomic mass is 79.9. The van der Waals surface area contributed by atoms with Crippen molar-refractivity contribution in [2.24, 2.45) is 0 Å². The SMILES string of the molecule is FC(F)Oc1ccccc1[C@@H]1C[C@H](c2ccc(Br)s2)Nc2ncnn21. The van der Waals surface area contributed by atoms with Crippen molar-refractivity contribution in [2.45, 2.75) is 25.1 Å². The fourth-order valence-electron chi connectivity index (χ4n) is 3.04. The molecule has 25 heavy (non-hydrogen) atoms. The van der Waals surface area contributed by atoms with Crippen molar-refractivity contribution >= 4 is 33.2 Å². The molecule has 130 valence electrons. The molecule has 1 aliphatic rings. The third-order valence-electron chi connectivity index (χ3n) is 4.06. The van der Waals surface area contributed by atoms with Crippen LogP contribution in [0.15, 0.2) is 46.5 Å². The maximum absolute atomic E-state index is 12.8. The highest BCUT2D eigenvalue weighted by Gasteiger charge is 2.32. The van der Waals surface area contributed by atoms with Gasteiger partial charge in [0.25, 0.3) is 0 Å². The summed E-state index contributed by atoms with van der Waals surface area (Å²) in [7, 11) is 0. The van der Waals surface area contributed by atoms with Crippen LogP contribution < -0.4 is 10.1 Å².